The number of halogens is 1. The molecule has 12 heavy (non-hydrogen) atoms. The molecule has 0 spiro atoms. The van der Waals surface area contributed by atoms with Gasteiger partial charge in [0.2, 0.25) is 0 Å². The Balaban J connectivity index is 0. The molecular weight excluding hydrogens is 267 g/mol. The maximum Gasteiger partial charge on any atom is 0.253 e. The zero-order valence-corrected chi connectivity index (χ0v) is 10.00. The van der Waals surface area contributed by atoms with Crippen molar-refractivity contribution in [3.05, 3.63) is 18.2 Å². The van der Waals surface area contributed by atoms with Crippen LogP contribution in [0.25, 0.3) is 0 Å². The van der Waals surface area contributed by atoms with E-state index < -0.39 is 0 Å². The van der Waals surface area contributed by atoms with Crippen LogP contribution in [0.5, 0.6) is 0 Å². The molecule has 0 unspecified atom stereocenters. The summed E-state index contributed by atoms with van der Waals surface area (Å²) in [6.45, 7) is 5.46. The van der Waals surface area contributed by atoms with E-state index >= 15 is 0 Å². The molecule has 1 aromatic rings. The van der Waals surface area contributed by atoms with E-state index in [1.807, 2.05) is 0 Å². The van der Waals surface area contributed by atoms with Gasteiger partial charge in [-0.05, 0) is 6.42 Å². The minimum Gasteiger partial charge on any atom is -1.00 e. The molecule has 0 atom stereocenters. The fourth-order valence-corrected chi connectivity index (χ4v) is 1.08. The van der Waals surface area contributed by atoms with Gasteiger partial charge in [0.1, 0.15) is 12.4 Å². The van der Waals surface area contributed by atoms with Gasteiger partial charge in [-0.3, -0.25) is 0 Å². The van der Waals surface area contributed by atoms with Crippen molar-refractivity contribution in [1.82, 2.24) is 4.57 Å². The molecular formula is C8H17IN2O. The van der Waals surface area contributed by atoms with Crippen LogP contribution in [-0.4, -0.2) is 10.0 Å². The van der Waals surface area contributed by atoms with Crippen LogP contribution in [-0.2, 0) is 13.6 Å². The van der Waals surface area contributed by atoms with Crippen LogP contribution in [0.4, 0.5) is 0 Å². The van der Waals surface area contributed by atoms with E-state index in [4.69, 9.17) is 0 Å². The standard InChI is InChI=1S/C8H15N2.HI.H2O/c1-4-5-10-7-6-9(3)8(10)2;;/h6-7H,4-5H2,1-3H3;1H;1H2/q+1;;/p-1. The number of hydrogen-bond acceptors (Lipinski definition) is 0. The number of nitrogens with zero attached hydrogens (tertiary/aromatic N) is 2. The molecule has 72 valence electrons. The second kappa shape index (κ2) is 6.42. The van der Waals surface area contributed by atoms with Gasteiger partial charge in [-0.1, -0.05) is 6.92 Å². The van der Waals surface area contributed by atoms with Gasteiger partial charge in [0.05, 0.1) is 13.6 Å². The fraction of sp³-hybridized carbons (Fsp3) is 0.625. The Morgan fingerprint density at radius 1 is 1.50 bits per heavy atom. The summed E-state index contributed by atoms with van der Waals surface area (Å²) in [5.41, 5.74) is 0. The normalized spacial score (nSPS) is 8.58. The first-order valence-electron chi connectivity index (χ1n) is 3.77. The number of aryl methyl sites for hydroxylation is 2. The summed E-state index contributed by atoms with van der Waals surface area (Å²) < 4.78 is 4.40. The van der Waals surface area contributed by atoms with Gasteiger partial charge in [0, 0.05) is 6.92 Å². The predicted octanol–water partition coefficient (Wildman–Crippen LogP) is -2.79. The van der Waals surface area contributed by atoms with Crippen molar-refractivity contribution < 1.29 is 34.0 Å². The number of imidazole rings is 1. The van der Waals surface area contributed by atoms with E-state index in [1.54, 1.807) is 0 Å². The second-order valence-corrected chi connectivity index (χ2v) is 2.65. The van der Waals surface area contributed by atoms with Gasteiger partial charge in [-0.15, -0.1) is 0 Å². The van der Waals surface area contributed by atoms with Crippen molar-refractivity contribution in [1.29, 1.82) is 0 Å². The summed E-state index contributed by atoms with van der Waals surface area (Å²) in [6, 6.07) is 0. The average Bonchev–Trinajstić information content (AvgIpc) is 2.20. The molecule has 0 fully saturated rings. The lowest BCUT2D eigenvalue weighted by Gasteiger charge is -1.93. The third kappa shape index (κ3) is 3.10. The van der Waals surface area contributed by atoms with Crippen molar-refractivity contribution in [2.45, 2.75) is 26.8 Å². The fourth-order valence-electron chi connectivity index (χ4n) is 1.08. The summed E-state index contributed by atoms with van der Waals surface area (Å²) in [4.78, 5) is 0. The minimum absolute atomic E-state index is 0. The maximum absolute atomic E-state index is 2.26. The Morgan fingerprint density at radius 3 is 2.42 bits per heavy atom. The first-order chi connectivity index (χ1) is 4.75. The Morgan fingerprint density at radius 2 is 2.08 bits per heavy atom. The maximum atomic E-state index is 2.26. The molecule has 0 aliphatic heterocycles. The van der Waals surface area contributed by atoms with Crippen LogP contribution >= 0.6 is 0 Å². The zero-order chi connectivity index (χ0) is 7.56. The van der Waals surface area contributed by atoms with E-state index in [-0.39, 0.29) is 29.5 Å². The second-order valence-electron chi connectivity index (χ2n) is 2.65. The molecule has 1 rings (SSSR count). The number of rotatable bonds is 2. The molecule has 0 saturated heterocycles. The third-order valence-electron chi connectivity index (χ3n) is 1.86. The molecule has 0 aliphatic carbocycles. The quantitative estimate of drug-likeness (QED) is 0.416. The lowest BCUT2D eigenvalue weighted by atomic mass is 10.5. The highest BCUT2D eigenvalue weighted by Crippen LogP contribution is 1.93. The van der Waals surface area contributed by atoms with Crippen molar-refractivity contribution in [2.75, 3.05) is 0 Å². The lowest BCUT2D eigenvalue weighted by Crippen LogP contribution is -3.00. The summed E-state index contributed by atoms with van der Waals surface area (Å²) in [6.07, 6.45) is 5.42. The lowest BCUT2D eigenvalue weighted by molar-refractivity contribution is -0.677. The number of hydrogen-bond donors (Lipinski definition) is 0. The minimum atomic E-state index is 0. The first kappa shape index (κ1) is 14.4. The van der Waals surface area contributed by atoms with Gasteiger partial charge in [0.15, 0.2) is 0 Å². The van der Waals surface area contributed by atoms with Crippen LogP contribution < -0.4 is 28.5 Å². The predicted molar refractivity (Wildman–Crippen MR) is 44.2 cm³/mol. The molecule has 2 N–H and O–H groups in total. The smallest absolute Gasteiger partial charge is 0.253 e. The summed E-state index contributed by atoms with van der Waals surface area (Å²) in [5, 5.41) is 0. The highest BCUT2D eigenvalue weighted by molar-refractivity contribution is 4.78. The Kier molecular flexibility index (Phi) is 7.72. The van der Waals surface area contributed by atoms with E-state index in [9.17, 15) is 0 Å². The largest absolute Gasteiger partial charge is 1.00 e. The van der Waals surface area contributed by atoms with Gasteiger partial charge in [0.25, 0.3) is 5.82 Å². The van der Waals surface area contributed by atoms with Crippen molar-refractivity contribution in [3.63, 3.8) is 0 Å². The van der Waals surface area contributed by atoms with E-state index in [2.05, 4.69) is 42.4 Å². The van der Waals surface area contributed by atoms with Gasteiger partial charge in [-0.25, -0.2) is 9.13 Å². The molecule has 1 heterocycles. The number of aromatic nitrogens is 2. The summed E-state index contributed by atoms with van der Waals surface area (Å²) in [7, 11) is 2.07. The molecule has 0 radical (unpaired) electrons. The van der Waals surface area contributed by atoms with E-state index in [0.29, 0.717) is 0 Å². The average molecular weight is 284 g/mol. The first-order valence-corrected chi connectivity index (χ1v) is 3.77. The molecule has 4 heteroatoms. The van der Waals surface area contributed by atoms with Crippen molar-refractivity contribution in [2.24, 2.45) is 7.05 Å². The van der Waals surface area contributed by atoms with E-state index in [0.717, 1.165) is 6.54 Å². The molecule has 1 aromatic heterocycles. The monoisotopic (exact) mass is 284 g/mol. The van der Waals surface area contributed by atoms with Crippen LogP contribution in [0.2, 0.25) is 0 Å². The van der Waals surface area contributed by atoms with Crippen LogP contribution in [0.3, 0.4) is 0 Å². The topological polar surface area (TPSA) is 40.3 Å². The van der Waals surface area contributed by atoms with E-state index in [1.165, 1.54) is 12.2 Å². The Bertz CT molecular complexity index is 223. The van der Waals surface area contributed by atoms with Crippen LogP contribution in [0.15, 0.2) is 12.4 Å². The molecule has 0 aliphatic rings. The molecule has 3 nitrogen and oxygen atoms in total. The molecule has 0 amide bonds. The van der Waals surface area contributed by atoms with Gasteiger partial charge in [-0.2, -0.15) is 0 Å². The van der Waals surface area contributed by atoms with Gasteiger partial charge < -0.3 is 29.5 Å². The Labute approximate surface area is 90.7 Å². The van der Waals surface area contributed by atoms with Crippen LogP contribution in [0.1, 0.15) is 19.2 Å². The highest BCUT2D eigenvalue weighted by Gasteiger charge is 2.05. The van der Waals surface area contributed by atoms with Gasteiger partial charge >= 0.3 is 0 Å². The Hall–Kier alpha value is -0.100. The third-order valence-corrected chi connectivity index (χ3v) is 1.86. The summed E-state index contributed by atoms with van der Waals surface area (Å²) >= 11 is 0. The van der Waals surface area contributed by atoms with Crippen molar-refractivity contribution in [3.8, 4) is 0 Å². The van der Waals surface area contributed by atoms with Crippen molar-refractivity contribution >= 4 is 0 Å². The molecule has 0 bridgehead atoms. The highest BCUT2D eigenvalue weighted by atomic mass is 127. The SMILES string of the molecule is CCCn1cc[n+](C)c1C.O.[I-]. The zero-order valence-electron chi connectivity index (χ0n) is 7.84. The molecule has 0 saturated carbocycles. The summed E-state index contributed by atoms with van der Waals surface area (Å²) in [5.74, 6) is 1.32. The van der Waals surface area contributed by atoms with Crippen LogP contribution in [0, 0.1) is 6.92 Å². The molecule has 0 aromatic carbocycles.